The Balaban J connectivity index is 1.87. The Morgan fingerprint density at radius 2 is 1.96 bits per heavy atom. The first-order valence-corrected chi connectivity index (χ1v) is 9.02. The van der Waals surface area contributed by atoms with Crippen molar-refractivity contribution in [3.8, 4) is 5.75 Å². The second-order valence-corrected chi connectivity index (χ2v) is 6.90. The van der Waals surface area contributed by atoms with Gasteiger partial charge in [-0.05, 0) is 48.2 Å². The average molecular weight is 411 g/mol. The number of aromatic nitrogens is 1. The molecule has 1 aromatic heterocycles. The van der Waals surface area contributed by atoms with Gasteiger partial charge in [0.15, 0.2) is 18.4 Å². The number of benzene rings is 1. The van der Waals surface area contributed by atoms with Gasteiger partial charge in [-0.3, -0.25) is 4.79 Å². The third-order valence-electron chi connectivity index (χ3n) is 3.66. The first-order chi connectivity index (χ1) is 12.8. The van der Waals surface area contributed by atoms with Crippen molar-refractivity contribution in [2.45, 2.75) is 26.7 Å². The molecule has 1 heterocycles. The molecule has 8 heteroatoms. The molecule has 2 rings (SSSR count). The van der Waals surface area contributed by atoms with Crippen molar-refractivity contribution in [2.75, 3.05) is 18.5 Å². The van der Waals surface area contributed by atoms with Crippen LogP contribution in [0.15, 0.2) is 30.5 Å². The van der Waals surface area contributed by atoms with Crippen molar-refractivity contribution in [1.82, 2.24) is 4.98 Å². The van der Waals surface area contributed by atoms with E-state index in [1.54, 1.807) is 18.2 Å². The van der Waals surface area contributed by atoms with E-state index < -0.39 is 18.5 Å². The van der Waals surface area contributed by atoms with E-state index in [0.717, 1.165) is 11.1 Å². The van der Waals surface area contributed by atoms with Crippen molar-refractivity contribution in [2.24, 2.45) is 0 Å². The highest BCUT2D eigenvalue weighted by Gasteiger charge is 2.14. The third-order valence-corrected chi connectivity index (χ3v) is 4.36. The van der Waals surface area contributed by atoms with E-state index in [0.29, 0.717) is 16.5 Å². The molecule has 1 N–H and O–H groups in total. The number of carbonyl (C=O) groups is 2. The van der Waals surface area contributed by atoms with Crippen LogP contribution in [0.4, 0.5) is 5.69 Å². The van der Waals surface area contributed by atoms with Gasteiger partial charge in [0.2, 0.25) is 0 Å². The van der Waals surface area contributed by atoms with Gasteiger partial charge in [0.1, 0.15) is 5.75 Å². The summed E-state index contributed by atoms with van der Waals surface area (Å²) in [4.78, 5) is 27.6. The summed E-state index contributed by atoms with van der Waals surface area (Å²) in [6, 6.07) is 6.82. The molecule has 1 amide bonds. The fourth-order valence-corrected chi connectivity index (χ4v) is 2.58. The molecule has 1 aromatic carbocycles. The monoisotopic (exact) mass is 410 g/mol. The molecule has 0 atom stereocenters. The highest BCUT2D eigenvalue weighted by Crippen LogP contribution is 2.32. The van der Waals surface area contributed by atoms with Crippen LogP contribution in [-0.4, -0.2) is 30.1 Å². The SMILES string of the molecule is Cc1cc(OCC(=O)OCC(=O)Nc2cccnc2Cl)c(C(C)C)cc1Cl. The molecule has 0 saturated heterocycles. The number of pyridine rings is 1. The highest BCUT2D eigenvalue weighted by atomic mass is 35.5. The number of anilines is 1. The molecule has 0 fully saturated rings. The summed E-state index contributed by atoms with van der Waals surface area (Å²) in [5, 5.41) is 3.30. The minimum atomic E-state index is -0.662. The molecule has 0 aliphatic heterocycles. The number of halogens is 2. The van der Waals surface area contributed by atoms with Crippen LogP contribution < -0.4 is 10.1 Å². The van der Waals surface area contributed by atoms with Gasteiger partial charge in [0.25, 0.3) is 5.91 Å². The molecule has 2 aromatic rings. The van der Waals surface area contributed by atoms with Crippen molar-refractivity contribution in [1.29, 1.82) is 0 Å². The van der Waals surface area contributed by atoms with Crippen LogP contribution in [0.3, 0.4) is 0 Å². The van der Waals surface area contributed by atoms with Gasteiger partial charge in [0.05, 0.1) is 5.69 Å². The lowest BCUT2D eigenvalue weighted by molar-refractivity contribution is -0.149. The zero-order valence-electron chi connectivity index (χ0n) is 15.2. The maximum atomic E-state index is 11.9. The number of amides is 1. The van der Waals surface area contributed by atoms with Gasteiger partial charge in [-0.15, -0.1) is 0 Å². The lowest BCUT2D eigenvalue weighted by Crippen LogP contribution is -2.24. The number of esters is 1. The number of rotatable bonds is 7. The van der Waals surface area contributed by atoms with E-state index in [1.807, 2.05) is 26.8 Å². The summed E-state index contributed by atoms with van der Waals surface area (Å²) in [5.41, 5.74) is 2.08. The van der Waals surface area contributed by atoms with E-state index in [4.69, 9.17) is 32.7 Å². The molecule has 6 nitrogen and oxygen atoms in total. The maximum Gasteiger partial charge on any atom is 0.344 e. The largest absolute Gasteiger partial charge is 0.482 e. The Morgan fingerprint density at radius 1 is 1.22 bits per heavy atom. The van der Waals surface area contributed by atoms with Crippen molar-refractivity contribution < 1.29 is 19.1 Å². The molecule has 0 saturated carbocycles. The van der Waals surface area contributed by atoms with E-state index in [2.05, 4.69) is 10.3 Å². The number of hydrogen-bond acceptors (Lipinski definition) is 5. The van der Waals surface area contributed by atoms with Gasteiger partial charge in [-0.1, -0.05) is 37.0 Å². The fourth-order valence-electron chi connectivity index (χ4n) is 2.24. The Labute approximate surface area is 167 Å². The number of nitrogens with zero attached hydrogens (tertiary/aromatic N) is 1. The van der Waals surface area contributed by atoms with Crippen molar-refractivity contribution in [3.63, 3.8) is 0 Å². The predicted octanol–water partition coefficient (Wildman–Crippen LogP) is 4.38. The molecule has 0 spiro atoms. The highest BCUT2D eigenvalue weighted by molar-refractivity contribution is 6.32. The Bertz CT molecular complexity index is 840. The van der Waals surface area contributed by atoms with E-state index in [-0.39, 0.29) is 17.7 Å². The van der Waals surface area contributed by atoms with Gasteiger partial charge in [-0.25, -0.2) is 9.78 Å². The van der Waals surface area contributed by atoms with Crippen LogP contribution in [0.25, 0.3) is 0 Å². The average Bonchev–Trinajstić information content (AvgIpc) is 2.62. The molecule has 0 aliphatic carbocycles. The number of ether oxygens (including phenoxy) is 2. The van der Waals surface area contributed by atoms with Gasteiger partial charge < -0.3 is 14.8 Å². The molecule has 0 radical (unpaired) electrons. The summed E-state index contributed by atoms with van der Waals surface area (Å²) < 4.78 is 10.5. The fraction of sp³-hybridized carbons (Fsp3) is 0.316. The lowest BCUT2D eigenvalue weighted by atomic mass is 10.0. The minimum Gasteiger partial charge on any atom is -0.482 e. The summed E-state index contributed by atoms with van der Waals surface area (Å²) in [6.07, 6.45) is 1.50. The molecule has 0 bridgehead atoms. The number of carbonyl (C=O) groups excluding carboxylic acids is 2. The van der Waals surface area contributed by atoms with Crippen LogP contribution in [0, 0.1) is 6.92 Å². The lowest BCUT2D eigenvalue weighted by Gasteiger charge is -2.15. The van der Waals surface area contributed by atoms with Gasteiger partial charge in [0, 0.05) is 11.2 Å². The summed E-state index contributed by atoms with van der Waals surface area (Å²) in [5.74, 6) is -0.451. The van der Waals surface area contributed by atoms with E-state index in [1.165, 1.54) is 6.20 Å². The quantitative estimate of drug-likeness (QED) is 0.541. The van der Waals surface area contributed by atoms with Crippen LogP contribution in [-0.2, 0) is 14.3 Å². The predicted molar refractivity (Wildman–Crippen MR) is 105 cm³/mol. The van der Waals surface area contributed by atoms with E-state index >= 15 is 0 Å². The molecule has 0 aliphatic rings. The zero-order chi connectivity index (χ0) is 20.0. The van der Waals surface area contributed by atoms with Crippen LogP contribution in [0.1, 0.15) is 30.9 Å². The molecular formula is C19H20Cl2N2O4. The van der Waals surface area contributed by atoms with Gasteiger partial charge in [-0.2, -0.15) is 0 Å². The summed E-state index contributed by atoms with van der Waals surface area (Å²) in [6.45, 7) is 5.08. The molecule has 144 valence electrons. The van der Waals surface area contributed by atoms with Crippen LogP contribution >= 0.6 is 23.2 Å². The van der Waals surface area contributed by atoms with Gasteiger partial charge >= 0.3 is 5.97 Å². The third kappa shape index (κ3) is 6.12. The standard InChI is InChI=1S/C19H20Cl2N2O4/c1-11(2)13-8-14(20)12(3)7-16(13)26-10-18(25)27-9-17(24)23-15-5-4-6-22-19(15)21/h4-8,11H,9-10H2,1-3H3,(H,23,24). The summed E-state index contributed by atoms with van der Waals surface area (Å²) in [7, 11) is 0. The van der Waals surface area contributed by atoms with Crippen molar-refractivity contribution >= 4 is 40.8 Å². The first kappa shape index (κ1) is 21.0. The minimum absolute atomic E-state index is 0.153. The Hall–Kier alpha value is -2.31. The second kappa shape index (κ2) is 9.58. The second-order valence-electron chi connectivity index (χ2n) is 6.13. The van der Waals surface area contributed by atoms with Crippen LogP contribution in [0.5, 0.6) is 5.75 Å². The Morgan fingerprint density at radius 3 is 2.63 bits per heavy atom. The smallest absolute Gasteiger partial charge is 0.344 e. The maximum absolute atomic E-state index is 11.9. The molecular weight excluding hydrogens is 391 g/mol. The normalized spacial score (nSPS) is 10.6. The zero-order valence-corrected chi connectivity index (χ0v) is 16.7. The first-order valence-electron chi connectivity index (χ1n) is 8.26. The summed E-state index contributed by atoms with van der Waals surface area (Å²) >= 11 is 12.0. The Kier molecular flexibility index (Phi) is 7.45. The van der Waals surface area contributed by atoms with Crippen LogP contribution in [0.2, 0.25) is 10.2 Å². The molecule has 27 heavy (non-hydrogen) atoms. The topological polar surface area (TPSA) is 77.5 Å². The van der Waals surface area contributed by atoms with Crippen molar-refractivity contribution in [3.05, 3.63) is 51.8 Å². The number of nitrogens with one attached hydrogen (secondary N) is 1. The number of aryl methyl sites for hydroxylation is 1. The molecule has 0 unspecified atom stereocenters. The van der Waals surface area contributed by atoms with E-state index in [9.17, 15) is 9.59 Å². The number of hydrogen-bond donors (Lipinski definition) is 1.